The smallest absolute Gasteiger partial charge is 0.120 e. The predicted octanol–water partition coefficient (Wildman–Crippen LogP) is 3.36. The van der Waals surface area contributed by atoms with Crippen LogP contribution in [0.4, 0.5) is 0 Å². The second-order valence-electron chi connectivity index (χ2n) is 6.39. The van der Waals surface area contributed by atoms with Gasteiger partial charge in [-0.15, -0.1) is 0 Å². The topological polar surface area (TPSA) is 28.4 Å². The third-order valence-corrected chi connectivity index (χ3v) is 4.49. The number of aryl methyl sites for hydroxylation is 1. The van der Waals surface area contributed by atoms with Crippen molar-refractivity contribution in [2.45, 2.75) is 52.0 Å². The number of hydrogen-bond donors (Lipinski definition) is 1. The van der Waals surface area contributed by atoms with E-state index in [-0.39, 0.29) is 0 Å². The number of nitrogens with one attached hydrogen (secondary N) is 1. The lowest BCUT2D eigenvalue weighted by Gasteiger charge is -2.12. The van der Waals surface area contributed by atoms with E-state index in [2.05, 4.69) is 47.5 Å². The van der Waals surface area contributed by atoms with E-state index in [4.69, 9.17) is 4.42 Å². The van der Waals surface area contributed by atoms with E-state index in [1.807, 2.05) is 0 Å². The molecule has 1 saturated carbocycles. The number of fused-ring (bicyclic) bond motifs is 1. The minimum absolute atomic E-state index is 0.728. The first-order chi connectivity index (χ1) is 10.3. The molecule has 3 nitrogen and oxygen atoms in total. The molecule has 1 fully saturated rings. The lowest BCUT2D eigenvalue weighted by Crippen LogP contribution is -2.16. The largest absolute Gasteiger partial charge is 0.463 e. The normalized spacial score (nSPS) is 18.1. The van der Waals surface area contributed by atoms with Crippen LogP contribution in [0.2, 0.25) is 0 Å². The van der Waals surface area contributed by atoms with E-state index >= 15 is 0 Å². The first-order valence-electron chi connectivity index (χ1n) is 7.88. The van der Waals surface area contributed by atoms with Crippen LogP contribution in [0.15, 0.2) is 34.7 Å². The fourth-order valence-electron chi connectivity index (χ4n) is 3.10. The van der Waals surface area contributed by atoms with Gasteiger partial charge in [0, 0.05) is 19.1 Å². The Morgan fingerprint density at radius 1 is 1.19 bits per heavy atom. The van der Waals surface area contributed by atoms with Crippen molar-refractivity contribution >= 4 is 0 Å². The van der Waals surface area contributed by atoms with Gasteiger partial charge in [-0.25, -0.2) is 0 Å². The number of benzene rings is 1. The fourth-order valence-corrected chi connectivity index (χ4v) is 3.10. The van der Waals surface area contributed by atoms with Gasteiger partial charge in [-0.05, 0) is 42.5 Å². The van der Waals surface area contributed by atoms with Crippen LogP contribution in [0.3, 0.4) is 0 Å². The zero-order valence-corrected chi connectivity index (χ0v) is 12.6. The number of rotatable bonds is 5. The molecule has 1 aliphatic heterocycles. The summed E-state index contributed by atoms with van der Waals surface area (Å²) in [6, 6.07) is 11.6. The van der Waals surface area contributed by atoms with Crippen molar-refractivity contribution in [1.29, 1.82) is 0 Å². The molecule has 2 aromatic rings. The zero-order valence-electron chi connectivity index (χ0n) is 12.6. The van der Waals surface area contributed by atoms with E-state index in [1.54, 1.807) is 0 Å². The fraction of sp³-hybridized carbons (Fsp3) is 0.444. The van der Waals surface area contributed by atoms with E-state index < -0.39 is 0 Å². The van der Waals surface area contributed by atoms with Gasteiger partial charge in [0.15, 0.2) is 0 Å². The maximum absolute atomic E-state index is 6.05. The molecule has 110 valence electrons. The monoisotopic (exact) mass is 282 g/mol. The summed E-state index contributed by atoms with van der Waals surface area (Å²) in [6.45, 7) is 5.99. The molecule has 1 aliphatic carbocycles. The van der Waals surface area contributed by atoms with Gasteiger partial charge in [0.1, 0.15) is 11.5 Å². The standard InChI is InChI=1S/C18H22N2O/c1-13-8-17(21-18(13)9-19-16-6-7-16)12-20-10-14-4-2-3-5-15(14)11-20/h2-5,8,16,19H,6-7,9-12H2,1H3. The van der Waals surface area contributed by atoms with Gasteiger partial charge in [0.05, 0.1) is 13.1 Å². The van der Waals surface area contributed by atoms with Gasteiger partial charge in [-0.3, -0.25) is 4.90 Å². The Hall–Kier alpha value is -1.58. The van der Waals surface area contributed by atoms with Crippen LogP contribution in [0, 0.1) is 6.92 Å². The summed E-state index contributed by atoms with van der Waals surface area (Å²) in [5, 5.41) is 3.53. The van der Waals surface area contributed by atoms with Crippen molar-refractivity contribution < 1.29 is 4.42 Å². The van der Waals surface area contributed by atoms with Crippen LogP contribution in [0.25, 0.3) is 0 Å². The molecular formula is C18H22N2O. The molecule has 1 aromatic carbocycles. The molecule has 3 heteroatoms. The summed E-state index contributed by atoms with van der Waals surface area (Å²) in [7, 11) is 0. The summed E-state index contributed by atoms with van der Waals surface area (Å²) in [6.07, 6.45) is 2.64. The molecule has 0 amide bonds. The molecule has 21 heavy (non-hydrogen) atoms. The van der Waals surface area contributed by atoms with Gasteiger partial charge in [-0.2, -0.15) is 0 Å². The SMILES string of the molecule is Cc1cc(CN2Cc3ccccc3C2)oc1CNC1CC1. The van der Waals surface area contributed by atoms with Crippen LogP contribution in [-0.2, 0) is 26.2 Å². The Bertz CT molecular complexity index is 617. The maximum atomic E-state index is 6.05. The zero-order chi connectivity index (χ0) is 14.2. The molecule has 0 radical (unpaired) electrons. The lowest BCUT2D eigenvalue weighted by molar-refractivity contribution is 0.247. The predicted molar refractivity (Wildman–Crippen MR) is 82.7 cm³/mol. The lowest BCUT2D eigenvalue weighted by atomic mass is 10.1. The van der Waals surface area contributed by atoms with Crippen molar-refractivity contribution in [2.24, 2.45) is 0 Å². The minimum atomic E-state index is 0.728. The number of furan rings is 1. The highest BCUT2D eigenvalue weighted by molar-refractivity contribution is 5.30. The van der Waals surface area contributed by atoms with Crippen LogP contribution < -0.4 is 5.32 Å². The molecule has 2 aliphatic rings. The minimum Gasteiger partial charge on any atom is -0.463 e. The molecule has 0 spiro atoms. The Morgan fingerprint density at radius 3 is 2.57 bits per heavy atom. The van der Waals surface area contributed by atoms with Gasteiger partial charge >= 0.3 is 0 Å². The Kier molecular flexibility index (Phi) is 3.32. The third-order valence-electron chi connectivity index (χ3n) is 4.49. The van der Waals surface area contributed by atoms with Crippen molar-refractivity contribution in [1.82, 2.24) is 10.2 Å². The third kappa shape index (κ3) is 2.89. The Balaban J connectivity index is 1.40. The molecule has 4 rings (SSSR count). The van der Waals surface area contributed by atoms with E-state index in [9.17, 15) is 0 Å². The first-order valence-corrected chi connectivity index (χ1v) is 7.88. The summed E-state index contributed by atoms with van der Waals surface area (Å²) in [4.78, 5) is 2.45. The van der Waals surface area contributed by atoms with E-state index in [0.29, 0.717) is 0 Å². The second kappa shape index (κ2) is 5.32. The highest BCUT2D eigenvalue weighted by Gasteiger charge is 2.22. The Labute approximate surface area is 126 Å². The molecule has 1 aromatic heterocycles. The average molecular weight is 282 g/mol. The number of hydrogen-bond acceptors (Lipinski definition) is 3. The van der Waals surface area contributed by atoms with Gasteiger partial charge < -0.3 is 9.73 Å². The molecule has 0 unspecified atom stereocenters. The van der Waals surface area contributed by atoms with Crippen molar-refractivity contribution in [3.8, 4) is 0 Å². The van der Waals surface area contributed by atoms with Crippen molar-refractivity contribution in [2.75, 3.05) is 0 Å². The molecule has 1 N–H and O–H groups in total. The van der Waals surface area contributed by atoms with Crippen molar-refractivity contribution in [3.63, 3.8) is 0 Å². The van der Waals surface area contributed by atoms with Crippen LogP contribution >= 0.6 is 0 Å². The van der Waals surface area contributed by atoms with Crippen molar-refractivity contribution in [3.05, 3.63) is 58.5 Å². The summed E-state index contributed by atoms with van der Waals surface area (Å²) < 4.78 is 6.05. The molecule has 0 atom stereocenters. The van der Waals surface area contributed by atoms with E-state index in [0.717, 1.165) is 43.7 Å². The van der Waals surface area contributed by atoms with Gasteiger partial charge in [-0.1, -0.05) is 24.3 Å². The summed E-state index contributed by atoms with van der Waals surface area (Å²) in [5.41, 5.74) is 4.18. The summed E-state index contributed by atoms with van der Waals surface area (Å²) in [5.74, 6) is 2.20. The average Bonchev–Trinajstić information content (AvgIpc) is 3.11. The van der Waals surface area contributed by atoms with E-state index in [1.165, 1.54) is 29.5 Å². The number of nitrogens with zero attached hydrogens (tertiary/aromatic N) is 1. The molecule has 0 saturated heterocycles. The van der Waals surface area contributed by atoms with Gasteiger partial charge in [0.25, 0.3) is 0 Å². The summed E-state index contributed by atoms with van der Waals surface area (Å²) >= 11 is 0. The first kappa shape index (κ1) is 13.1. The highest BCUT2D eigenvalue weighted by Crippen LogP contribution is 2.26. The Morgan fingerprint density at radius 2 is 1.90 bits per heavy atom. The van der Waals surface area contributed by atoms with Crippen LogP contribution in [-0.4, -0.2) is 10.9 Å². The molecule has 0 bridgehead atoms. The molecular weight excluding hydrogens is 260 g/mol. The van der Waals surface area contributed by atoms with Crippen LogP contribution in [0.1, 0.15) is 41.1 Å². The van der Waals surface area contributed by atoms with Crippen LogP contribution in [0.5, 0.6) is 0 Å². The molecule has 2 heterocycles. The quantitative estimate of drug-likeness (QED) is 0.911. The van der Waals surface area contributed by atoms with Gasteiger partial charge in [0.2, 0.25) is 0 Å². The second-order valence-corrected chi connectivity index (χ2v) is 6.39. The highest BCUT2D eigenvalue weighted by atomic mass is 16.3. The maximum Gasteiger partial charge on any atom is 0.120 e.